The van der Waals surface area contributed by atoms with Crippen LogP contribution in [-0.2, 0) is 19.1 Å². The molecule has 2 aromatic rings. The van der Waals surface area contributed by atoms with Crippen molar-refractivity contribution in [1.82, 2.24) is 5.43 Å². The molecule has 0 aromatic heterocycles. The summed E-state index contributed by atoms with van der Waals surface area (Å²) >= 11 is 0. The van der Waals surface area contributed by atoms with Crippen molar-refractivity contribution in [2.45, 2.75) is 26.7 Å². The van der Waals surface area contributed by atoms with Gasteiger partial charge in [0.25, 0.3) is 0 Å². The second kappa shape index (κ2) is 12.0. The van der Waals surface area contributed by atoms with Gasteiger partial charge in [-0.3, -0.25) is 9.59 Å². The first-order chi connectivity index (χ1) is 14.5. The molecule has 158 valence electrons. The van der Waals surface area contributed by atoms with Crippen LogP contribution in [0.15, 0.2) is 53.6 Å². The lowest BCUT2D eigenvalue weighted by Crippen LogP contribution is -2.20. The van der Waals surface area contributed by atoms with E-state index in [1.54, 1.807) is 31.2 Å². The first kappa shape index (κ1) is 22.6. The van der Waals surface area contributed by atoms with Crippen LogP contribution < -0.4 is 15.5 Å². The fourth-order valence-corrected chi connectivity index (χ4v) is 2.38. The summed E-state index contributed by atoms with van der Waals surface area (Å²) in [6.45, 7) is 3.77. The number of rotatable bonds is 10. The van der Waals surface area contributed by atoms with E-state index in [0.717, 1.165) is 16.8 Å². The Morgan fingerprint density at radius 2 is 1.70 bits per heavy atom. The van der Waals surface area contributed by atoms with Gasteiger partial charge in [0.05, 0.1) is 12.8 Å². The smallest absolute Gasteiger partial charge is 0.344 e. The lowest BCUT2D eigenvalue weighted by Gasteiger charge is -2.07. The lowest BCUT2D eigenvalue weighted by molar-refractivity contribution is -0.145. The highest BCUT2D eigenvalue weighted by Gasteiger charge is 2.08. The van der Waals surface area contributed by atoms with Gasteiger partial charge >= 0.3 is 5.97 Å². The number of hydrogen-bond acceptors (Lipinski definition) is 6. The lowest BCUT2D eigenvalue weighted by atomic mass is 10.2. The molecule has 0 unspecified atom stereocenters. The summed E-state index contributed by atoms with van der Waals surface area (Å²) in [5.41, 5.74) is 4.81. The number of anilines is 1. The standard InChI is InChI=1S/C22H25N3O5/c1-3-29-22(28)15-30-18-10-8-17(9-11-18)14-23-25-21(27)13-12-20(26)24-19-7-5-4-6-16(19)2/h4-11,14H,3,12-13,15H2,1-2H3,(H,24,26)(H,25,27). The average Bonchev–Trinajstić information content (AvgIpc) is 2.73. The maximum atomic E-state index is 12.0. The summed E-state index contributed by atoms with van der Waals surface area (Å²) in [4.78, 5) is 35.1. The van der Waals surface area contributed by atoms with Crippen molar-refractivity contribution >= 4 is 29.7 Å². The number of esters is 1. The fraction of sp³-hybridized carbons (Fsp3) is 0.273. The van der Waals surface area contributed by atoms with Gasteiger partial charge in [0.2, 0.25) is 11.8 Å². The van der Waals surface area contributed by atoms with Crippen LogP contribution in [0.5, 0.6) is 5.75 Å². The number of nitrogens with one attached hydrogen (secondary N) is 2. The molecule has 0 bridgehead atoms. The molecule has 2 rings (SSSR count). The van der Waals surface area contributed by atoms with E-state index < -0.39 is 5.97 Å². The number of carbonyl (C=O) groups is 3. The SMILES string of the molecule is CCOC(=O)COc1ccc(C=NNC(=O)CCC(=O)Nc2ccccc2C)cc1. The van der Waals surface area contributed by atoms with Gasteiger partial charge in [-0.1, -0.05) is 18.2 Å². The van der Waals surface area contributed by atoms with Crippen molar-refractivity contribution in [2.24, 2.45) is 5.10 Å². The van der Waals surface area contributed by atoms with Gasteiger partial charge in [-0.05, 0) is 55.3 Å². The van der Waals surface area contributed by atoms with Gasteiger partial charge < -0.3 is 14.8 Å². The molecule has 0 saturated carbocycles. The summed E-state index contributed by atoms with van der Waals surface area (Å²) in [5, 5.41) is 6.65. The quantitative estimate of drug-likeness (QED) is 0.355. The third-order valence-electron chi connectivity index (χ3n) is 3.94. The summed E-state index contributed by atoms with van der Waals surface area (Å²) in [5.74, 6) is -0.509. The molecule has 8 heteroatoms. The van der Waals surface area contributed by atoms with Crippen LogP contribution >= 0.6 is 0 Å². The highest BCUT2D eigenvalue weighted by atomic mass is 16.6. The molecule has 0 aliphatic carbocycles. The summed E-state index contributed by atoms with van der Waals surface area (Å²) in [6.07, 6.45) is 1.55. The highest BCUT2D eigenvalue weighted by molar-refractivity contribution is 5.94. The van der Waals surface area contributed by atoms with E-state index in [4.69, 9.17) is 9.47 Å². The van der Waals surface area contributed by atoms with E-state index >= 15 is 0 Å². The third-order valence-corrected chi connectivity index (χ3v) is 3.94. The molecule has 0 radical (unpaired) electrons. The Morgan fingerprint density at radius 3 is 2.40 bits per heavy atom. The average molecular weight is 411 g/mol. The summed E-state index contributed by atoms with van der Waals surface area (Å²) in [6, 6.07) is 14.2. The van der Waals surface area contributed by atoms with Gasteiger partial charge in [-0.15, -0.1) is 0 Å². The van der Waals surface area contributed by atoms with Gasteiger partial charge in [0.1, 0.15) is 5.75 Å². The van der Waals surface area contributed by atoms with Gasteiger partial charge in [-0.25, -0.2) is 10.2 Å². The van der Waals surface area contributed by atoms with Crippen molar-refractivity contribution in [3.63, 3.8) is 0 Å². The second-order valence-electron chi connectivity index (χ2n) is 6.32. The molecule has 0 aliphatic heterocycles. The molecule has 0 fully saturated rings. The number of amides is 2. The second-order valence-corrected chi connectivity index (χ2v) is 6.32. The van der Waals surface area contributed by atoms with Crippen LogP contribution in [0.1, 0.15) is 30.9 Å². The van der Waals surface area contributed by atoms with E-state index in [2.05, 4.69) is 15.8 Å². The van der Waals surface area contributed by atoms with E-state index in [1.165, 1.54) is 6.21 Å². The van der Waals surface area contributed by atoms with Crippen LogP contribution in [-0.4, -0.2) is 37.2 Å². The minimum atomic E-state index is -0.432. The van der Waals surface area contributed by atoms with Crippen molar-refractivity contribution in [1.29, 1.82) is 0 Å². The zero-order valence-electron chi connectivity index (χ0n) is 17.0. The zero-order valence-corrected chi connectivity index (χ0v) is 17.0. The maximum Gasteiger partial charge on any atom is 0.344 e. The monoisotopic (exact) mass is 411 g/mol. The molecule has 30 heavy (non-hydrogen) atoms. The molecular weight excluding hydrogens is 386 g/mol. The van der Waals surface area contributed by atoms with Crippen LogP contribution in [0.2, 0.25) is 0 Å². The number of aryl methyl sites for hydroxylation is 1. The zero-order chi connectivity index (χ0) is 21.8. The Kier molecular flexibility index (Phi) is 9.05. The van der Waals surface area contributed by atoms with E-state index in [-0.39, 0.29) is 31.3 Å². The normalized spacial score (nSPS) is 10.5. The number of nitrogens with zero attached hydrogens (tertiary/aromatic N) is 1. The van der Waals surface area contributed by atoms with Crippen LogP contribution in [0.25, 0.3) is 0 Å². The van der Waals surface area contributed by atoms with E-state index in [9.17, 15) is 14.4 Å². The molecule has 2 amide bonds. The number of para-hydroxylation sites is 1. The van der Waals surface area contributed by atoms with E-state index in [0.29, 0.717) is 12.4 Å². The molecule has 2 aromatic carbocycles. The minimum Gasteiger partial charge on any atom is -0.482 e. The van der Waals surface area contributed by atoms with Gasteiger partial charge in [0.15, 0.2) is 6.61 Å². The number of carbonyl (C=O) groups excluding carboxylic acids is 3. The molecule has 0 saturated heterocycles. The number of hydrazone groups is 1. The maximum absolute atomic E-state index is 12.0. The summed E-state index contributed by atoms with van der Waals surface area (Å²) < 4.78 is 10.1. The predicted molar refractivity (Wildman–Crippen MR) is 113 cm³/mol. The molecule has 2 N–H and O–H groups in total. The molecule has 0 heterocycles. The fourth-order valence-electron chi connectivity index (χ4n) is 2.38. The van der Waals surface area contributed by atoms with Gasteiger partial charge in [0, 0.05) is 18.5 Å². The molecule has 0 aliphatic rings. The van der Waals surface area contributed by atoms with Crippen LogP contribution in [0.4, 0.5) is 5.69 Å². The summed E-state index contributed by atoms with van der Waals surface area (Å²) in [7, 11) is 0. The molecular formula is C22H25N3O5. The topological polar surface area (TPSA) is 106 Å². The van der Waals surface area contributed by atoms with Crippen molar-refractivity contribution in [2.75, 3.05) is 18.5 Å². The Morgan fingerprint density at radius 1 is 1.00 bits per heavy atom. The van der Waals surface area contributed by atoms with E-state index in [1.807, 2.05) is 31.2 Å². The number of benzene rings is 2. The number of ether oxygens (including phenoxy) is 2. The molecule has 8 nitrogen and oxygen atoms in total. The van der Waals surface area contributed by atoms with Crippen LogP contribution in [0, 0.1) is 6.92 Å². The largest absolute Gasteiger partial charge is 0.482 e. The number of hydrogen-bond donors (Lipinski definition) is 2. The predicted octanol–water partition coefficient (Wildman–Crippen LogP) is 2.81. The third kappa shape index (κ3) is 8.14. The van der Waals surface area contributed by atoms with Crippen molar-refractivity contribution < 1.29 is 23.9 Å². The Bertz CT molecular complexity index is 894. The Balaban J connectivity index is 1.70. The Labute approximate surface area is 175 Å². The van der Waals surface area contributed by atoms with Crippen LogP contribution in [0.3, 0.4) is 0 Å². The van der Waals surface area contributed by atoms with Crippen molar-refractivity contribution in [3.8, 4) is 5.75 Å². The highest BCUT2D eigenvalue weighted by Crippen LogP contribution is 2.13. The first-order valence-electron chi connectivity index (χ1n) is 9.53. The van der Waals surface area contributed by atoms with Gasteiger partial charge in [-0.2, -0.15) is 5.10 Å². The molecule has 0 spiro atoms. The first-order valence-corrected chi connectivity index (χ1v) is 9.53. The minimum absolute atomic E-state index is 0.0235. The molecule has 0 atom stereocenters. The van der Waals surface area contributed by atoms with Crippen molar-refractivity contribution in [3.05, 3.63) is 59.7 Å². The Hall–Kier alpha value is -3.68.